The average Bonchev–Trinajstić information content (AvgIpc) is 1.84. The Morgan fingerprint density at radius 2 is 1.20 bits per heavy atom. The highest BCUT2D eigenvalue weighted by molar-refractivity contribution is 5.13. The number of hydrogen-bond acceptors (Lipinski definition) is 0. The SMILES string of the molecule is C=CC(F)(C=C)C(F)(F)F. The van der Waals surface area contributed by atoms with Crippen molar-refractivity contribution in [3.8, 4) is 0 Å². The summed E-state index contributed by atoms with van der Waals surface area (Å²) in [5.74, 6) is 0. The summed E-state index contributed by atoms with van der Waals surface area (Å²) >= 11 is 0. The van der Waals surface area contributed by atoms with E-state index in [0.717, 1.165) is 0 Å². The molecule has 0 fully saturated rings. The third kappa shape index (κ3) is 1.37. The molecule has 10 heavy (non-hydrogen) atoms. The maximum Gasteiger partial charge on any atom is 0.429 e. The summed E-state index contributed by atoms with van der Waals surface area (Å²) in [6.07, 6.45) is -4.61. The summed E-state index contributed by atoms with van der Waals surface area (Å²) in [5, 5.41) is 0. The zero-order valence-corrected chi connectivity index (χ0v) is 5.08. The summed E-state index contributed by atoms with van der Waals surface area (Å²) < 4.78 is 47.2. The molecule has 0 unspecified atom stereocenters. The molecule has 0 rings (SSSR count). The molecule has 0 aliphatic carbocycles. The van der Waals surface area contributed by atoms with Crippen molar-refractivity contribution in [2.24, 2.45) is 0 Å². The monoisotopic (exact) mass is 154 g/mol. The van der Waals surface area contributed by atoms with Gasteiger partial charge >= 0.3 is 6.18 Å². The molecule has 58 valence electrons. The lowest BCUT2D eigenvalue weighted by atomic mass is 10.1. The first-order valence-corrected chi connectivity index (χ1v) is 2.40. The molecule has 0 atom stereocenters. The van der Waals surface area contributed by atoms with E-state index in [0.29, 0.717) is 0 Å². The van der Waals surface area contributed by atoms with E-state index in [1.165, 1.54) is 0 Å². The van der Waals surface area contributed by atoms with Gasteiger partial charge in [0, 0.05) is 0 Å². The Morgan fingerprint density at radius 1 is 0.900 bits per heavy atom. The van der Waals surface area contributed by atoms with Gasteiger partial charge in [0.05, 0.1) is 0 Å². The van der Waals surface area contributed by atoms with Crippen LogP contribution in [0.3, 0.4) is 0 Å². The molecule has 0 aromatic rings. The Kier molecular flexibility index (Phi) is 2.24. The van der Waals surface area contributed by atoms with Crippen LogP contribution in [0, 0.1) is 0 Å². The first-order valence-electron chi connectivity index (χ1n) is 2.40. The molecule has 0 spiro atoms. The largest absolute Gasteiger partial charge is 0.429 e. The molecule has 0 radical (unpaired) electrons. The summed E-state index contributed by atoms with van der Waals surface area (Å²) in [7, 11) is 0. The lowest BCUT2D eigenvalue weighted by Crippen LogP contribution is -2.36. The van der Waals surface area contributed by atoms with Gasteiger partial charge in [0.25, 0.3) is 0 Å². The molecule has 0 aromatic heterocycles. The van der Waals surface area contributed by atoms with Crippen LogP contribution in [0.15, 0.2) is 25.3 Å². The summed E-state index contributed by atoms with van der Waals surface area (Å²) in [6.45, 7) is 5.41. The molecule has 0 saturated carbocycles. The fourth-order valence-corrected chi connectivity index (χ4v) is 0.315. The summed E-state index contributed by atoms with van der Waals surface area (Å²) in [6, 6.07) is 0. The number of allylic oxidation sites excluding steroid dienone is 2. The van der Waals surface area contributed by atoms with Gasteiger partial charge in [-0.15, -0.1) is 0 Å². The predicted octanol–water partition coefficient (Wildman–Crippen LogP) is 2.63. The zero-order valence-electron chi connectivity index (χ0n) is 5.08. The van der Waals surface area contributed by atoms with Gasteiger partial charge in [-0.3, -0.25) is 0 Å². The predicted molar refractivity (Wildman–Crippen MR) is 30.3 cm³/mol. The van der Waals surface area contributed by atoms with E-state index in [-0.39, 0.29) is 12.2 Å². The van der Waals surface area contributed by atoms with Gasteiger partial charge in [0.15, 0.2) is 0 Å². The van der Waals surface area contributed by atoms with Crippen molar-refractivity contribution in [3.63, 3.8) is 0 Å². The fourth-order valence-electron chi connectivity index (χ4n) is 0.315. The molecular formula is C6H6F4. The van der Waals surface area contributed by atoms with E-state index in [4.69, 9.17) is 0 Å². The van der Waals surface area contributed by atoms with Gasteiger partial charge in [-0.2, -0.15) is 13.2 Å². The van der Waals surface area contributed by atoms with Crippen molar-refractivity contribution in [2.45, 2.75) is 11.8 Å². The lowest BCUT2D eigenvalue weighted by molar-refractivity contribution is -0.194. The maximum absolute atomic E-state index is 12.4. The van der Waals surface area contributed by atoms with E-state index in [2.05, 4.69) is 13.2 Å². The van der Waals surface area contributed by atoms with Crippen molar-refractivity contribution in [1.82, 2.24) is 0 Å². The smallest absolute Gasteiger partial charge is 0.225 e. The van der Waals surface area contributed by atoms with E-state index >= 15 is 0 Å². The average molecular weight is 154 g/mol. The van der Waals surface area contributed by atoms with Crippen molar-refractivity contribution in [1.29, 1.82) is 0 Å². The Labute approximate surface area is 55.8 Å². The second-order valence-corrected chi connectivity index (χ2v) is 1.67. The Hall–Kier alpha value is -0.800. The quantitative estimate of drug-likeness (QED) is 0.423. The molecule has 0 aliphatic rings. The van der Waals surface area contributed by atoms with E-state index in [9.17, 15) is 17.6 Å². The van der Waals surface area contributed by atoms with Gasteiger partial charge in [-0.05, 0) is 12.2 Å². The molecule has 0 N–H and O–H groups in total. The first-order chi connectivity index (χ1) is 4.37. The number of rotatable bonds is 2. The molecule has 0 heterocycles. The number of alkyl halides is 4. The Bertz CT molecular complexity index is 136. The van der Waals surface area contributed by atoms with Crippen LogP contribution in [0.25, 0.3) is 0 Å². The van der Waals surface area contributed by atoms with Crippen molar-refractivity contribution in [2.75, 3.05) is 0 Å². The molecule has 0 bridgehead atoms. The molecule has 0 aromatic carbocycles. The molecule has 0 nitrogen and oxygen atoms in total. The van der Waals surface area contributed by atoms with Gasteiger partial charge < -0.3 is 0 Å². The van der Waals surface area contributed by atoms with Crippen LogP contribution in [0.1, 0.15) is 0 Å². The molecule has 0 aliphatic heterocycles. The van der Waals surface area contributed by atoms with Gasteiger partial charge in [-0.25, -0.2) is 4.39 Å². The van der Waals surface area contributed by atoms with Crippen LogP contribution in [0.5, 0.6) is 0 Å². The van der Waals surface area contributed by atoms with Gasteiger partial charge in [0.2, 0.25) is 5.67 Å². The zero-order chi connectivity index (χ0) is 8.41. The van der Waals surface area contributed by atoms with Crippen LogP contribution in [0.2, 0.25) is 0 Å². The van der Waals surface area contributed by atoms with Crippen LogP contribution in [-0.4, -0.2) is 11.8 Å². The Balaban J connectivity index is 4.65. The van der Waals surface area contributed by atoms with Crippen molar-refractivity contribution >= 4 is 0 Å². The lowest BCUT2D eigenvalue weighted by Gasteiger charge is -2.19. The fraction of sp³-hybridized carbons (Fsp3) is 0.333. The third-order valence-electron chi connectivity index (χ3n) is 1.03. The van der Waals surface area contributed by atoms with E-state index < -0.39 is 11.8 Å². The van der Waals surface area contributed by atoms with E-state index in [1.54, 1.807) is 0 Å². The van der Waals surface area contributed by atoms with Gasteiger partial charge in [-0.1, -0.05) is 13.2 Å². The molecule has 4 heteroatoms. The normalized spacial score (nSPS) is 12.8. The number of halogens is 4. The van der Waals surface area contributed by atoms with Crippen LogP contribution < -0.4 is 0 Å². The highest BCUT2D eigenvalue weighted by Crippen LogP contribution is 2.35. The van der Waals surface area contributed by atoms with Crippen LogP contribution >= 0.6 is 0 Å². The first kappa shape index (κ1) is 9.20. The summed E-state index contributed by atoms with van der Waals surface area (Å²) in [4.78, 5) is 0. The van der Waals surface area contributed by atoms with Crippen molar-refractivity contribution < 1.29 is 17.6 Å². The molecular weight excluding hydrogens is 148 g/mol. The minimum atomic E-state index is -4.95. The topological polar surface area (TPSA) is 0 Å². The highest BCUT2D eigenvalue weighted by Gasteiger charge is 2.51. The second kappa shape index (κ2) is 2.44. The third-order valence-corrected chi connectivity index (χ3v) is 1.03. The molecule has 0 amide bonds. The Morgan fingerprint density at radius 3 is 1.20 bits per heavy atom. The van der Waals surface area contributed by atoms with Crippen LogP contribution in [0.4, 0.5) is 17.6 Å². The van der Waals surface area contributed by atoms with Crippen LogP contribution in [-0.2, 0) is 0 Å². The second-order valence-electron chi connectivity index (χ2n) is 1.67. The maximum atomic E-state index is 12.4. The number of hydrogen-bond donors (Lipinski definition) is 0. The van der Waals surface area contributed by atoms with Gasteiger partial charge in [0.1, 0.15) is 0 Å². The van der Waals surface area contributed by atoms with Crippen molar-refractivity contribution in [3.05, 3.63) is 25.3 Å². The summed E-state index contributed by atoms with van der Waals surface area (Å²) in [5.41, 5.74) is -3.45. The van der Waals surface area contributed by atoms with E-state index in [1.807, 2.05) is 0 Å². The highest BCUT2D eigenvalue weighted by atomic mass is 19.4. The molecule has 0 saturated heterocycles. The minimum absolute atomic E-state index is 0.167. The minimum Gasteiger partial charge on any atom is -0.225 e. The standard InChI is InChI=1S/C6H6F4/c1-3-5(7,4-2)6(8,9)10/h3-4H,1-2H2.